The van der Waals surface area contributed by atoms with Gasteiger partial charge in [-0.05, 0) is 42.8 Å². The molecule has 0 saturated carbocycles. The monoisotopic (exact) mass is 424 g/mol. The molecular weight excluding hydrogens is 400 g/mol. The van der Waals surface area contributed by atoms with E-state index < -0.39 is 0 Å². The summed E-state index contributed by atoms with van der Waals surface area (Å²) in [5.41, 5.74) is 3.07. The summed E-state index contributed by atoms with van der Waals surface area (Å²) in [6.07, 6.45) is 1.05. The highest BCUT2D eigenvalue weighted by Gasteiger charge is 2.21. The van der Waals surface area contributed by atoms with Crippen LogP contribution in [0.1, 0.15) is 28.5 Å². The van der Waals surface area contributed by atoms with Gasteiger partial charge in [-0.2, -0.15) is 0 Å². The van der Waals surface area contributed by atoms with Gasteiger partial charge in [-0.1, -0.05) is 5.16 Å². The lowest BCUT2D eigenvalue weighted by Crippen LogP contribution is -2.23. The highest BCUT2D eigenvalue weighted by Crippen LogP contribution is 2.38. The van der Waals surface area contributed by atoms with Gasteiger partial charge in [0.25, 0.3) is 5.91 Å². The van der Waals surface area contributed by atoms with Crippen molar-refractivity contribution >= 4 is 5.91 Å². The summed E-state index contributed by atoms with van der Waals surface area (Å²) in [4.78, 5) is 12.7. The number of amides is 1. The first-order valence-corrected chi connectivity index (χ1v) is 9.86. The molecule has 1 amide bonds. The van der Waals surface area contributed by atoms with E-state index in [4.69, 9.17) is 23.5 Å². The lowest BCUT2D eigenvalue weighted by Gasteiger charge is -2.13. The van der Waals surface area contributed by atoms with Crippen molar-refractivity contribution in [3.05, 3.63) is 53.2 Å². The van der Waals surface area contributed by atoms with Crippen LogP contribution in [0.4, 0.5) is 0 Å². The molecule has 4 rings (SSSR count). The van der Waals surface area contributed by atoms with Gasteiger partial charge in [0.15, 0.2) is 17.3 Å². The molecule has 2 aromatic carbocycles. The van der Waals surface area contributed by atoms with Crippen molar-refractivity contribution in [3.8, 4) is 34.3 Å². The number of nitrogens with one attached hydrogen (secondary N) is 1. The molecule has 0 saturated heterocycles. The standard InChI is InChI=1S/C23H24N2O6/c1-13-7-15-8-14(5-6-18(15)30-13)19-11-17(25-31-19)12-24-23(26)16-9-20(27-2)22(29-4)21(10-16)28-3/h5-6,8-11,13H,7,12H2,1-4H3,(H,24,26). The normalized spacial score (nSPS) is 14.5. The minimum Gasteiger partial charge on any atom is -0.493 e. The molecule has 2 heterocycles. The van der Waals surface area contributed by atoms with Gasteiger partial charge in [-0.15, -0.1) is 0 Å². The third-order valence-electron chi connectivity index (χ3n) is 5.10. The Kier molecular flexibility index (Phi) is 5.70. The van der Waals surface area contributed by atoms with Crippen molar-refractivity contribution in [2.24, 2.45) is 0 Å². The molecule has 8 heteroatoms. The van der Waals surface area contributed by atoms with Crippen LogP contribution in [-0.4, -0.2) is 38.5 Å². The predicted molar refractivity (Wildman–Crippen MR) is 113 cm³/mol. The molecule has 0 spiro atoms. The number of carbonyl (C=O) groups is 1. The first-order chi connectivity index (χ1) is 15.0. The van der Waals surface area contributed by atoms with Crippen molar-refractivity contribution in [1.82, 2.24) is 10.5 Å². The Labute approximate surface area is 180 Å². The second-order valence-corrected chi connectivity index (χ2v) is 7.23. The van der Waals surface area contributed by atoms with E-state index in [1.54, 1.807) is 12.1 Å². The van der Waals surface area contributed by atoms with Crippen molar-refractivity contribution in [3.63, 3.8) is 0 Å². The highest BCUT2D eigenvalue weighted by atomic mass is 16.5. The van der Waals surface area contributed by atoms with Gasteiger partial charge in [0.05, 0.1) is 27.9 Å². The summed E-state index contributed by atoms with van der Waals surface area (Å²) >= 11 is 0. The molecule has 1 unspecified atom stereocenters. The number of hydrogen-bond donors (Lipinski definition) is 1. The second kappa shape index (κ2) is 8.59. The molecule has 0 aliphatic carbocycles. The van der Waals surface area contributed by atoms with Crippen LogP contribution in [0.25, 0.3) is 11.3 Å². The fourth-order valence-corrected chi connectivity index (χ4v) is 3.59. The van der Waals surface area contributed by atoms with Crippen LogP contribution in [0.15, 0.2) is 40.9 Å². The Balaban J connectivity index is 1.46. The molecule has 3 aromatic rings. The topological polar surface area (TPSA) is 92.1 Å². The van der Waals surface area contributed by atoms with Crippen LogP contribution in [0.2, 0.25) is 0 Å². The van der Waals surface area contributed by atoms with Crippen molar-refractivity contribution in [1.29, 1.82) is 0 Å². The number of nitrogens with zero attached hydrogens (tertiary/aromatic N) is 1. The Morgan fingerprint density at radius 2 is 1.84 bits per heavy atom. The molecule has 1 atom stereocenters. The zero-order valence-electron chi connectivity index (χ0n) is 17.9. The molecule has 0 radical (unpaired) electrons. The predicted octanol–water partition coefficient (Wildman–Crippen LogP) is 3.62. The van der Waals surface area contributed by atoms with Crippen molar-refractivity contribution in [2.45, 2.75) is 26.0 Å². The zero-order valence-corrected chi connectivity index (χ0v) is 17.9. The number of rotatable bonds is 7. The smallest absolute Gasteiger partial charge is 0.251 e. The number of carbonyl (C=O) groups excluding carboxylic acids is 1. The average molecular weight is 424 g/mol. The number of methoxy groups -OCH3 is 3. The molecule has 1 N–H and O–H groups in total. The van der Waals surface area contributed by atoms with E-state index in [1.165, 1.54) is 21.3 Å². The maximum atomic E-state index is 12.7. The zero-order chi connectivity index (χ0) is 22.0. The molecule has 0 fully saturated rings. The lowest BCUT2D eigenvalue weighted by molar-refractivity contribution is 0.0949. The maximum absolute atomic E-state index is 12.7. The van der Waals surface area contributed by atoms with Gasteiger partial charge >= 0.3 is 0 Å². The number of hydrogen-bond acceptors (Lipinski definition) is 7. The minimum atomic E-state index is -0.299. The van der Waals surface area contributed by atoms with Gasteiger partial charge in [-0.3, -0.25) is 4.79 Å². The Hall–Kier alpha value is -3.68. The molecule has 1 aliphatic heterocycles. The van der Waals surface area contributed by atoms with E-state index in [2.05, 4.69) is 16.5 Å². The van der Waals surface area contributed by atoms with E-state index in [0.717, 1.165) is 23.3 Å². The van der Waals surface area contributed by atoms with Gasteiger partial charge in [0.2, 0.25) is 5.75 Å². The molecule has 31 heavy (non-hydrogen) atoms. The third kappa shape index (κ3) is 4.14. The first kappa shape index (κ1) is 20.6. The fraction of sp³-hybridized carbons (Fsp3) is 0.304. The quantitative estimate of drug-likeness (QED) is 0.619. The Morgan fingerprint density at radius 3 is 2.52 bits per heavy atom. The largest absolute Gasteiger partial charge is 0.493 e. The first-order valence-electron chi connectivity index (χ1n) is 9.86. The lowest BCUT2D eigenvalue weighted by atomic mass is 10.1. The summed E-state index contributed by atoms with van der Waals surface area (Å²) in [5, 5.41) is 6.91. The molecular formula is C23H24N2O6. The SMILES string of the molecule is COc1cc(C(=O)NCc2cc(-c3ccc4c(c3)CC(C)O4)on2)cc(OC)c1OC. The number of ether oxygens (including phenoxy) is 4. The van der Waals surface area contributed by atoms with Crippen molar-refractivity contribution < 1.29 is 28.3 Å². The van der Waals surface area contributed by atoms with E-state index in [0.29, 0.717) is 34.3 Å². The summed E-state index contributed by atoms with van der Waals surface area (Å²) in [5.74, 6) is 2.49. The number of aromatic nitrogens is 1. The minimum absolute atomic E-state index is 0.181. The van der Waals surface area contributed by atoms with Crippen LogP contribution in [-0.2, 0) is 13.0 Å². The van der Waals surface area contributed by atoms with Crippen molar-refractivity contribution in [2.75, 3.05) is 21.3 Å². The van der Waals surface area contributed by atoms with Crippen LogP contribution in [0.5, 0.6) is 23.0 Å². The second-order valence-electron chi connectivity index (χ2n) is 7.23. The van der Waals surface area contributed by atoms with E-state index in [-0.39, 0.29) is 18.6 Å². The van der Waals surface area contributed by atoms with Crippen LogP contribution < -0.4 is 24.3 Å². The average Bonchev–Trinajstić information content (AvgIpc) is 3.41. The van der Waals surface area contributed by atoms with Gasteiger partial charge in [-0.25, -0.2) is 0 Å². The summed E-state index contributed by atoms with van der Waals surface area (Å²) < 4.78 is 27.1. The summed E-state index contributed by atoms with van der Waals surface area (Å²) in [7, 11) is 4.51. The molecule has 1 aromatic heterocycles. The van der Waals surface area contributed by atoms with Crippen LogP contribution in [0, 0.1) is 0 Å². The summed E-state index contributed by atoms with van der Waals surface area (Å²) in [6, 6.07) is 10.9. The molecule has 1 aliphatic rings. The Bertz CT molecular complexity index is 1080. The van der Waals surface area contributed by atoms with E-state index >= 15 is 0 Å². The van der Waals surface area contributed by atoms with E-state index in [1.807, 2.05) is 25.1 Å². The van der Waals surface area contributed by atoms with E-state index in [9.17, 15) is 4.79 Å². The maximum Gasteiger partial charge on any atom is 0.251 e. The Morgan fingerprint density at radius 1 is 1.10 bits per heavy atom. The van der Waals surface area contributed by atoms with Crippen LogP contribution in [0.3, 0.4) is 0 Å². The molecule has 162 valence electrons. The van der Waals surface area contributed by atoms with Gasteiger partial charge < -0.3 is 28.8 Å². The molecule has 8 nitrogen and oxygen atoms in total. The van der Waals surface area contributed by atoms with Gasteiger partial charge in [0.1, 0.15) is 17.5 Å². The number of fused-ring (bicyclic) bond motifs is 1. The third-order valence-corrected chi connectivity index (χ3v) is 5.10. The summed E-state index contributed by atoms with van der Waals surface area (Å²) in [6.45, 7) is 2.26. The highest BCUT2D eigenvalue weighted by molar-refractivity contribution is 5.95. The fourth-order valence-electron chi connectivity index (χ4n) is 3.59. The van der Waals surface area contributed by atoms with Crippen LogP contribution >= 0.6 is 0 Å². The molecule has 0 bridgehead atoms. The number of benzene rings is 2. The van der Waals surface area contributed by atoms with Gasteiger partial charge in [0, 0.05) is 23.6 Å².